The third kappa shape index (κ3) is 8.07. The van der Waals surface area contributed by atoms with Crippen molar-refractivity contribution >= 4 is 27.8 Å². The van der Waals surface area contributed by atoms with Gasteiger partial charge in [0.25, 0.3) is 0 Å². The van der Waals surface area contributed by atoms with Crippen LogP contribution >= 0.6 is 0 Å². The third-order valence-corrected chi connectivity index (χ3v) is 18.3. The van der Waals surface area contributed by atoms with E-state index in [0.717, 1.165) is 33.8 Å². The van der Waals surface area contributed by atoms with Crippen LogP contribution in [-0.2, 0) is 10.8 Å². The Bertz CT molecular complexity index is 4470. The zero-order valence-corrected chi connectivity index (χ0v) is 46.9. The van der Waals surface area contributed by atoms with Crippen LogP contribution in [0.15, 0.2) is 346 Å². The van der Waals surface area contributed by atoms with E-state index in [-0.39, 0.29) is 0 Å². The molecule has 0 unspecified atom stereocenters. The van der Waals surface area contributed by atoms with E-state index in [1.165, 1.54) is 105 Å². The molecule has 0 radical (unpaired) electrons. The fourth-order valence-corrected chi connectivity index (χ4v) is 14.4. The van der Waals surface area contributed by atoms with Gasteiger partial charge in [-0.25, -0.2) is 0 Å². The number of anilines is 3. The van der Waals surface area contributed by atoms with Crippen molar-refractivity contribution in [2.45, 2.75) is 10.8 Å². The van der Waals surface area contributed by atoms with Crippen LogP contribution in [0.4, 0.5) is 17.1 Å². The predicted molar refractivity (Wildman–Crippen MR) is 355 cm³/mol. The Morgan fingerprint density at radius 2 is 0.506 bits per heavy atom. The molecule has 0 N–H and O–H groups in total. The average molecular weight is 1080 g/mol. The van der Waals surface area contributed by atoms with Gasteiger partial charge >= 0.3 is 0 Å². The first-order valence-electron chi connectivity index (χ1n) is 29.6. The summed E-state index contributed by atoms with van der Waals surface area (Å²) in [6, 6.07) is 128. The van der Waals surface area contributed by atoms with Gasteiger partial charge in [0, 0.05) is 17.1 Å². The van der Waals surface area contributed by atoms with Gasteiger partial charge in [-0.15, -0.1) is 0 Å². The maximum Gasteiger partial charge on any atom is 0.0713 e. The maximum atomic E-state index is 2.45. The van der Waals surface area contributed by atoms with Crippen molar-refractivity contribution < 1.29 is 0 Å². The molecule has 0 saturated heterocycles. The van der Waals surface area contributed by atoms with Gasteiger partial charge < -0.3 is 4.90 Å². The molecule has 0 heterocycles. The highest BCUT2D eigenvalue weighted by atomic mass is 15.1. The van der Waals surface area contributed by atoms with Crippen molar-refractivity contribution in [3.63, 3.8) is 0 Å². The summed E-state index contributed by atoms with van der Waals surface area (Å²) in [5, 5.41) is 2.50. The average Bonchev–Trinajstić information content (AvgIpc) is 1.67. The summed E-state index contributed by atoms with van der Waals surface area (Å²) in [7, 11) is 0. The quantitative estimate of drug-likeness (QED) is 0.125. The third-order valence-electron chi connectivity index (χ3n) is 18.3. The summed E-state index contributed by atoms with van der Waals surface area (Å²) in [4.78, 5) is 2.40. The molecular weight excluding hydrogens is 1020 g/mol. The molecule has 0 spiro atoms. The summed E-state index contributed by atoms with van der Waals surface area (Å²) in [6.45, 7) is 0. The molecule has 0 saturated carbocycles. The molecule has 0 bridgehead atoms. The van der Waals surface area contributed by atoms with E-state index in [9.17, 15) is 0 Å². The van der Waals surface area contributed by atoms with Crippen LogP contribution in [0, 0.1) is 0 Å². The smallest absolute Gasteiger partial charge is 0.0713 e. The van der Waals surface area contributed by atoms with Crippen molar-refractivity contribution in [1.29, 1.82) is 0 Å². The predicted octanol–water partition coefficient (Wildman–Crippen LogP) is 21.7. The maximum absolute atomic E-state index is 2.45. The Hall–Kier alpha value is -10.9. The van der Waals surface area contributed by atoms with Crippen molar-refractivity contribution in [1.82, 2.24) is 0 Å². The highest BCUT2D eigenvalue weighted by molar-refractivity contribution is 5.98. The minimum atomic E-state index is -0.478. The fraction of sp³-hybridized carbons (Fsp3) is 0.0238. The van der Waals surface area contributed by atoms with Crippen LogP contribution in [-0.4, -0.2) is 0 Å². The Balaban J connectivity index is 0.796. The number of hydrogen-bond acceptors (Lipinski definition) is 1. The summed E-state index contributed by atoms with van der Waals surface area (Å²) >= 11 is 0. The van der Waals surface area contributed by atoms with Crippen LogP contribution in [0.1, 0.15) is 44.5 Å². The monoisotopic (exact) mass is 1080 g/mol. The SMILES string of the molecule is c1ccc(C2(c3ccccc3)c3ccccc3-c3ccc(-c4ccc(N(c5ccc(-c6cccc(-c7cccc8ccccc78)c6)cc5)c5ccc(-c6ccc7c(c6)C(c6ccccc6)(c6ccccc6)c6ccccc6-7)cc5)cc4)cc32)cc1. The molecule has 14 aromatic carbocycles. The first-order chi connectivity index (χ1) is 42.1. The number of rotatable bonds is 11. The Kier molecular flexibility index (Phi) is 12.1. The number of nitrogens with zero attached hydrogens (tertiary/aromatic N) is 1. The molecule has 398 valence electrons. The van der Waals surface area contributed by atoms with Crippen molar-refractivity contribution in [3.05, 3.63) is 390 Å². The highest BCUT2D eigenvalue weighted by Crippen LogP contribution is 2.58. The van der Waals surface area contributed by atoms with Gasteiger partial charge in [-0.3, -0.25) is 0 Å². The van der Waals surface area contributed by atoms with E-state index >= 15 is 0 Å². The van der Waals surface area contributed by atoms with E-state index in [0.29, 0.717) is 0 Å². The molecule has 14 aromatic rings. The molecule has 0 fully saturated rings. The summed E-state index contributed by atoms with van der Waals surface area (Å²) < 4.78 is 0. The lowest BCUT2D eigenvalue weighted by molar-refractivity contribution is 0.769. The van der Waals surface area contributed by atoms with E-state index < -0.39 is 10.8 Å². The molecule has 2 aliphatic carbocycles. The first-order valence-corrected chi connectivity index (χ1v) is 29.6. The van der Waals surface area contributed by atoms with Gasteiger partial charge in [0.2, 0.25) is 0 Å². The normalized spacial score (nSPS) is 13.1. The Morgan fingerprint density at radius 1 is 0.188 bits per heavy atom. The molecular formula is C84H57N. The van der Waals surface area contributed by atoms with Gasteiger partial charge in [-0.2, -0.15) is 0 Å². The zero-order chi connectivity index (χ0) is 56.3. The second-order valence-corrected chi connectivity index (χ2v) is 22.7. The van der Waals surface area contributed by atoms with E-state index in [4.69, 9.17) is 0 Å². The lowest BCUT2D eigenvalue weighted by atomic mass is 9.67. The lowest BCUT2D eigenvalue weighted by Gasteiger charge is -2.34. The molecule has 1 heteroatoms. The van der Waals surface area contributed by atoms with Crippen LogP contribution in [0.2, 0.25) is 0 Å². The molecule has 1 nitrogen and oxygen atoms in total. The Labute approximate surface area is 497 Å². The molecule has 0 atom stereocenters. The Morgan fingerprint density at radius 3 is 0.953 bits per heavy atom. The first kappa shape index (κ1) is 49.9. The molecule has 0 amide bonds. The van der Waals surface area contributed by atoms with Gasteiger partial charge in [-0.1, -0.05) is 291 Å². The van der Waals surface area contributed by atoms with Gasteiger partial charge in [0.15, 0.2) is 0 Å². The fourth-order valence-electron chi connectivity index (χ4n) is 14.4. The van der Waals surface area contributed by atoms with Crippen LogP contribution in [0.3, 0.4) is 0 Å². The zero-order valence-electron chi connectivity index (χ0n) is 46.9. The highest BCUT2D eigenvalue weighted by Gasteiger charge is 2.47. The number of hydrogen-bond donors (Lipinski definition) is 0. The lowest BCUT2D eigenvalue weighted by Crippen LogP contribution is -2.28. The largest absolute Gasteiger partial charge is 0.311 e. The topological polar surface area (TPSA) is 3.24 Å². The van der Waals surface area contributed by atoms with Gasteiger partial charge in [0.1, 0.15) is 0 Å². The summed E-state index contributed by atoms with van der Waals surface area (Å²) in [6.07, 6.45) is 0. The second kappa shape index (κ2) is 20.5. The van der Waals surface area contributed by atoms with Crippen molar-refractivity contribution in [2.24, 2.45) is 0 Å². The van der Waals surface area contributed by atoms with Gasteiger partial charge in [0.05, 0.1) is 10.8 Å². The molecule has 85 heavy (non-hydrogen) atoms. The van der Waals surface area contributed by atoms with E-state index in [2.05, 4.69) is 351 Å². The molecule has 0 aromatic heterocycles. The van der Waals surface area contributed by atoms with Gasteiger partial charge in [-0.05, 0) is 177 Å². The van der Waals surface area contributed by atoms with E-state index in [1.807, 2.05) is 0 Å². The van der Waals surface area contributed by atoms with Crippen molar-refractivity contribution in [2.75, 3.05) is 4.90 Å². The van der Waals surface area contributed by atoms with E-state index in [1.54, 1.807) is 0 Å². The molecule has 2 aliphatic rings. The van der Waals surface area contributed by atoms with Crippen LogP contribution < -0.4 is 4.90 Å². The summed E-state index contributed by atoms with van der Waals surface area (Å²) in [5.41, 5.74) is 27.2. The number of fused-ring (bicyclic) bond motifs is 7. The van der Waals surface area contributed by atoms with Crippen LogP contribution in [0.5, 0.6) is 0 Å². The standard InChI is InChI=1S/C84H57N/c1-5-25-66(26-6-1)83(67-27-7-2-8-28-67)79-37-17-15-34-75(79)77-53-45-63(56-81(77)83)59-41-49-71(50-42-59)85(70-47-39-58(40-48-70)62-23-19-24-65(55-62)74-36-20-22-61-21-13-14-33-73(61)74)72-51-43-60(44-52-72)64-46-54-78-76-35-16-18-38-80(76)84(82(78)57-64,68-29-9-3-10-30-68)69-31-11-4-12-32-69/h1-57H. The van der Waals surface area contributed by atoms with Crippen LogP contribution in [0.25, 0.3) is 77.5 Å². The molecule has 0 aliphatic heterocycles. The second-order valence-electron chi connectivity index (χ2n) is 22.7. The minimum Gasteiger partial charge on any atom is -0.311 e. The summed E-state index contributed by atoms with van der Waals surface area (Å²) in [5.74, 6) is 0. The van der Waals surface area contributed by atoms with Crippen molar-refractivity contribution in [3.8, 4) is 66.8 Å². The molecule has 16 rings (SSSR count). The minimum absolute atomic E-state index is 0.478. The number of benzene rings is 14.